The van der Waals surface area contributed by atoms with E-state index >= 15 is 0 Å². The Morgan fingerprint density at radius 3 is 2.50 bits per heavy atom. The van der Waals surface area contributed by atoms with Gasteiger partial charge in [-0.15, -0.1) is 0 Å². The number of rotatable bonds is 4. The Hall–Kier alpha value is -0.900. The number of hydrogen-bond donors (Lipinski definition) is 2. The SMILES string of the molecule is CC(C)CC(C)NC1CC(=O)NC1=O. The van der Waals surface area contributed by atoms with E-state index in [1.807, 2.05) is 6.92 Å². The molecule has 1 saturated heterocycles. The van der Waals surface area contributed by atoms with Crippen LogP contribution in [0, 0.1) is 5.92 Å². The van der Waals surface area contributed by atoms with Crippen LogP contribution in [0.15, 0.2) is 0 Å². The summed E-state index contributed by atoms with van der Waals surface area (Å²) in [6, 6.07) is -0.0482. The van der Waals surface area contributed by atoms with Crippen molar-refractivity contribution in [2.45, 2.75) is 45.7 Å². The van der Waals surface area contributed by atoms with Gasteiger partial charge in [0.25, 0.3) is 0 Å². The van der Waals surface area contributed by atoms with Crippen LogP contribution >= 0.6 is 0 Å². The lowest BCUT2D eigenvalue weighted by Gasteiger charge is -2.18. The maximum absolute atomic E-state index is 11.2. The van der Waals surface area contributed by atoms with E-state index in [4.69, 9.17) is 0 Å². The zero-order valence-corrected chi connectivity index (χ0v) is 8.96. The van der Waals surface area contributed by atoms with Gasteiger partial charge in [0, 0.05) is 6.04 Å². The van der Waals surface area contributed by atoms with E-state index in [-0.39, 0.29) is 30.3 Å². The maximum atomic E-state index is 11.2. The average molecular weight is 198 g/mol. The van der Waals surface area contributed by atoms with Gasteiger partial charge >= 0.3 is 0 Å². The fourth-order valence-corrected chi connectivity index (χ4v) is 1.81. The molecule has 2 N–H and O–H groups in total. The van der Waals surface area contributed by atoms with Crippen molar-refractivity contribution in [3.05, 3.63) is 0 Å². The van der Waals surface area contributed by atoms with Crippen molar-refractivity contribution in [3.63, 3.8) is 0 Å². The van der Waals surface area contributed by atoms with Crippen molar-refractivity contribution in [2.75, 3.05) is 0 Å². The quantitative estimate of drug-likeness (QED) is 0.644. The zero-order chi connectivity index (χ0) is 10.7. The second-order valence-corrected chi connectivity index (χ2v) is 4.37. The molecular formula is C10H18N2O2. The molecule has 14 heavy (non-hydrogen) atoms. The number of imide groups is 1. The predicted molar refractivity (Wildman–Crippen MR) is 53.6 cm³/mol. The van der Waals surface area contributed by atoms with E-state index in [0.29, 0.717) is 5.92 Å². The Morgan fingerprint density at radius 1 is 1.43 bits per heavy atom. The fourth-order valence-electron chi connectivity index (χ4n) is 1.81. The first-order valence-corrected chi connectivity index (χ1v) is 5.08. The van der Waals surface area contributed by atoms with Gasteiger partial charge in [0.05, 0.1) is 12.5 Å². The van der Waals surface area contributed by atoms with Gasteiger partial charge in [-0.3, -0.25) is 14.9 Å². The van der Waals surface area contributed by atoms with Crippen LogP contribution in [0.3, 0.4) is 0 Å². The number of carbonyl (C=O) groups is 2. The van der Waals surface area contributed by atoms with Crippen LogP contribution < -0.4 is 10.6 Å². The van der Waals surface area contributed by atoms with Gasteiger partial charge < -0.3 is 5.32 Å². The largest absolute Gasteiger partial charge is 0.303 e. The van der Waals surface area contributed by atoms with Crippen LogP contribution in [-0.4, -0.2) is 23.9 Å². The average Bonchev–Trinajstić information content (AvgIpc) is 2.28. The normalized spacial score (nSPS) is 24.1. The first kappa shape index (κ1) is 11.2. The highest BCUT2D eigenvalue weighted by atomic mass is 16.2. The zero-order valence-electron chi connectivity index (χ0n) is 8.96. The molecule has 0 aromatic carbocycles. The third-order valence-corrected chi connectivity index (χ3v) is 2.28. The molecule has 1 aliphatic rings. The molecule has 2 atom stereocenters. The molecule has 4 heteroatoms. The van der Waals surface area contributed by atoms with E-state index in [2.05, 4.69) is 24.5 Å². The molecule has 1 aliphatic heterocycles. The second kappa shape index (κ2) is 4.55. The van der Waals surface area contributed by atoms with E-state index in [1.165, 1.54) is 0 Å². The smallest absolute Gasteiger partial charge is 0.244 e. The van der Waals surface area contributed by atoms with Crippen LogP contribution in [0.2, 0.25) is 0 Å². The molecule has 0 saturated carbocycles. The van der Waals surface area contributed by atoms with Gasteiger partial charge in [-0.05, 0) is 19.3 Å². The Balaban J connectivity index is 2.37. The predicted octanol–water partition coefficient (Wildman–Crippen LogP) is 0.426. The molecular weight excluding hydrogens is 180 g/mol. The summed E-state index contributed by atoms with van der Waals surface area (Å²) in [5.41, 5.74) is 0. The maximum Gasteiger partial charge on any atom is 0.244 e. The minimum absolute atomic E-state index is 0.177. The van der Waals surface area contributed by atoms with Gasteiger partial charge in [-0.1, -0.05) is 13.8 Å². The van der Waals surface area contributed by atoms with Gasteiger partial charge in [0.2, 0.25) is 11.8 Å². The highest BCUT2D eigenvalue weighted by Gasteiger charge is 2.31. The van der Waals surface area contributed by atoms with Crippen molar-refractivity contribution >= 4 is 11.8 Å². The highest BCUT2D eigenvalue weighted by molar-refractivity contribution is 6.05. The number of amides is 2. The molecule has 1 heterocycles. The third kappa shape index (κ3) is 3.10. The molecule has 2 amide bonds. The number of carbonyl (C=O) groups excluding carboxylic acids is 2. The summed E-state index contributed by atoms with van der Waals surface area (Å²) in [6.45, 7) is 6.31. The molecule has 4 nitrogen and oxygen atoms in total. The molecule has 2 unspecified atom stereocenters. The van der Waals surface area contributed by atoms with Gasteiger partial charge in [-0.2, -0.15) is 0 Å². The second-order valence-electron chi connectivity index (χ2n) is 4.37. The highest BCUT2D eigenvalue weighted by Crippen LogP contribution is 2.08. The van der Waals surface area contributed by atoms with Gasteiger partial charge in [0.15, 0.2) is 0 Å². The first-order chi connectivity index (χ1) is 6.49. The Kier molecular flexibility index (Phi) is 3.63. The Bertz CT molecular complexity index is 238. The summed E-state index contributed by atoms with van der Waals surface area (Å²) in [4.78, 5) is 22.1. The van der Waals surface area contributed by atoms with E-state index in [0.717, 1.165) is 6.42 Å². The van der Waals surface area contributed by atoms with Crippen LogP contribution in [0.1, 0.15) is 33.6 Å². The van der Waals surface area contributed by atoms with Crippen LogP contribution in [0.5, 0.6) is 0 Å². The van der Waals surface area contributed by atoms with E-state index < -0.39 is 0 Å². The standard InChI is InChI=1S/C10H18N2O2/c1-6(2)4-7(3)11-8-5-9(13)12-10(8)14/h6-8,11H,4-5H2,1-3H3,(H,12,13,14). The molecule has 1 fully saturated rings. The summed E-state index contributed by atoms with van der Waals surface area (Å²) in [7, 11) is 0. The van der Waals surface area contributed by atoms with Crippen molar-refractivity contribution < 1.29 is 9.59 Å². The summed E-state index contributed by atoms with van der Waals surface area (Å²) < 4.78 is 0. The summed E-state index contributed by atoms with van der Waals surface area (Å²) >= 11 is 0. The van der Waals surface area contributed by atoms with Crippen molar-refractivity contribution in [1.29, 1.82) is 0 Å². The number of nitrogens with one attached hydrogen (secondary N) is 2. The van der Waals surface area contributed by atoms with Gasteiger partial charge in [0.1, 0.15) is 0 Å². The van der Waals surface area contributed by atoms with Crippen molar-refractivity contribution in [3.8, 4) is 0 Å². The Labute approximate surface area is 84.4 Å². The molecule has 0 radical (unpaired) electrons. The molecule has 0 aromatic heterocycles. The van der Waals surface area contributed by atoms with E-state index in [1.54, 1.807) is 0 Å². The molecule has 80 valence electrons. The monoisotopic (exact) mass is 198 g/mol. The molecule has 0 aromatic rings. The molecule has 0 spiro atoms. The first-order valence-electron chi connectivity index (χ1n) is 5.08. The van der Waals surface area contributed by atoms with Crippen LogP contribution in [0.4, 0.5) is 0 Å². The van der Waals surface area contributed by atoms with E-state index in [9.17, 15) is 9.59 Å². The number of hydrogen-bond acceptors (Lipinski definition) is 3. The molecule has 0 aliphatic carbocycles. The molecule has 1 rings (SSSR count). The summed E-state index contributed by atoms with van der Waals surface area (Å²) in [5.74, 6) is 0.229. The lowest BCUT2D eigenvalue weighted by atomic mass is 10.0. The minimum atomic E-state index is -0.323. The lowest BCUT2D eigenvalue weighted by molar-refractivity contribution is -0.125. The van der Waals surface area contributed by atoms with Crippen LogP contribution in [-0.2, 0) is 9.59 Å². The summed E-state index contributed by atoms with van der Waals surface area (Å²) in [5, 5.41) is 5.44. The topological polar surface area (TPSA) is 58.2 Å². The van der Waals surface area contributed by atoms with Crippen molar-refractivity contribution in [1.82, 2.24) is 10.6 Å². The van der Waals surface area contributed by atoms with Crippen LogP contribution in [0.25, 0.3) is 0 Å². The summed E-state index contributed by atoms with van der Waals surface area (Å²) in [6.07, 6.45) is 1.29. The van der Waals surface area contributed by atoms with Gasteiger partial charge in [-0.25, -0.2) is 0 Å². The molecule has 0 bridgehead atoms. The third-order valence-electron chi connectivity index (χ3n) is 2.28. The lowest BCUT2D eigenvalue weighted by Crippen LogP contribution is -2.41. The Morgan fingerprint density at radius 2 is 2.07 bits per heavy atom. The van der Waals surface area contributed by atoms with Crippen molar-refractivity contribution in [2.24, 2.45) is 5.92 Å². The fraction of sp³-hybridized carbons (Fsp3) is 0.800. The minimum Gasteiger partial charge on any atom is -0.303 e.